The van der Waals surface area contributed by atoms with E-state index >= 15 is 0 Å². The number of ketones is 1. The summed E-state index contributed by atoms with van der Waals surface area (Å²) in [6, 6.07) is 16.7. The minimum atomic E-state index is -0.767. The van der Waals surface area contributed by atoms with Gasteiger partial charge in [0.05, 0.1) is 23.7 Å². The first-order valence-electron chi connectivity index (χ1n) is 9.57. The molecule has 3 aromatic rings. The number of benzene rings is 2. The number of methoxy groups -OCH3 is 1. The fourth-order valence-electron chi connectivity index (χ4n) is 3.67. The number of aliphatic hydroxyl groups is 1. The number of ether oxygens (including phenoxy) is 1. The van der Waals surface area contributed by atoms with Crippen LogP contribution < -0.4 is 4.74 Å². The van der Waals surface area contributed by atoms with E-state index in [1.54, 1.807) is 36.7 Å². The van der Waals surface area contributed by atoms with Gasteiger partial charge in [-0.1, -0.05) is 41.9 Å². The number of carbonyl (C=O) groups excluding carboxylic acids is 2. The SMILES string of the molecule is COc1ccc(Cl)c(/C(O)=C2\C(=O)C(=O)N(Cc3ccncc3)C2c2ccccc2)c1. The normalized spacial score (nSPS) is 17.7. The van der Waals surface area contributed by atoms with Crippen molar-refractivity contribution in [3.8, 4) is 5.75 Å². The molecule has 0 aliphatic carbocycles. The summed E-state index contributed by atoms with van der Waals surface area (Å²) in [7, 11) is 1.49. The summed E-state index contributed by atoms with van der Waals surface area (Å²) in [5.74, 6) is -1.33. The quantitative estimate of drug-likeness (QED) is 0.366. The van der Waals surface area contributed by atoms with Crippen LogP contribution in [-0.2, 0) is 16.1 Å². The first-order valence-corrected chi connectivity index (χ1v) is 9.95. The molecule has 1 unspecified atom stereocenters. The maximum atomic E-state index is 13.1. The van der Waals surface area contributed by atoms with E-state index in [0.29, 0.717) is 11.3 Å². The molecule has 1 aliphatic heterocycles. The molecule has 1 aromatic heterocycles. The lowest BCUT2D eigenvalue weighted by molar-refractivity contribution is -0.140. The number of carbonyl (C=O) groups is 2. The Kier molecular flexibility index (Phi) is 5.73. The van der Waals surface area contributed by atoms with E-state index in [9.17, 15) is 14.7 Å². The van der Waals surface area contributed by atoms with Crippen molar-refractivity contribution >= 4 is 29.1 Å². The molecule has 2 heterocycles. The number of pyridine rings is 1. The van der Waals surface area contributed by atoms with Crippen LogP contribution in [0.4, 0.5) is 0 Å². The monoisotopic (exact) mass is 434 g/mol. The predicted molar refractivity (Wildman–Crippen MR) is 117 cm³/mol. The molecule has 6 nitrogen and oxygen atoms in total. The third kappa shape index (κ3) is 3.90. The Labute approximate surface area is 184 Å². The summed E-state index contributed by atoms with van der Waals surface area (Å²) in [5, 5.41) is 11.4. The summed E-state index contributed by atoms with van der Waals surface area (Å²) in [5.41, 5.74) is 1.73. The molecule has 0 saturated carbocycles. The topological polar surface area (TPSA) is 79.7 Å². The number of aromatic nitrogens is 1. The Hall–Kier alpha value is -3.64. The highest BCUT2D eigenvalue weighted by Crippen LogP contribution is 2.41. The number of hydrogen-bond acceptors (Lipinski definition) is 5. The van der Waals surface area contributed by atoms with E-state index in [4.69, 9.17) is 16.3 Å². The second-order valence-electron chi connectivity index (χ2n) is 7.04. The maximum absolute atomic E-state index is 13.1. The zero-order valence-electron chi connectivity index (χ0n) is 16.7. The Balaban J connectivity index is 1.89. The average Bonchev–Trinajstić information content (AvgIpc) is 3.05. The number of amides is 1. The highest BCUT2D eigenvalue weighted by molar-refractivity contribution is 6.47. The Morgan fingerprint density at radius 3 is 2.48 bits per heavy atom. The zero-order chi connectivity index (χ0) is 22.0. The lowest BCUT2D eigenvalue weighted by Crippen LogP contribution is -2.29. The van der Waals surface area contributed by atoms with Gasteiger partial charge in [0.25, 0.3) is 11.7 Å². The first-order chi connectivity index (χ1) is 15.0. The molecule has 0 radical (unpaired) electrons. The molecule has 1 amide bonds. The molecule has 31 heavy (non-hydrogen) atoms. The van der Waals surface area contributed by atoms with E-state index < -0.39 is 17.7 Å². The van der Waals surface area contributed by atoms with Crippen LogP contribution in [0.3, 0.4) is 0 Å². The highest BCUT2D eigenvalue weighted by Gasteiger charge is 2.46. The molecule has 1 saturated heterocycles. The van der Waals surface area contributed by atoms with Gasteiger partial charge >= 0.3 is 0 Å². The van der Waals surface area contributed by atoms with Gasteiger partial charge in [-0.2, -0.15) is 0 Å². The maximum Gasteiger partial charge on any atom is 0.295 e. The van der Waals surface area contributed by atoms with E-state index in [1.165, 1.54) is 18.1 Å². The number of Topliss-reactive ketones (excluding diaryl/α,β-unsaturated/α-hetero) is 1. The number of hydrogen-bond donors (Lipinski definition) is 1. The van der Waals surface area contributed by atoms with E-state index in [2.05, 4.69) is 4.98 Å². The number of aliphatic hydroxyl groups excluding tert-OH is 1. The van der Waals surface area contributed by atoms with Crippen LogP contribution in [0.5, 0.6) is 5.75 Å². The minimum Gasteiger partial charge on any atom is -0.507 e. The number of likely N-dealkylation sites (tertiary alicyclic amines) is 1. The summed E-state index contributed by atoms with van der Waals surface area (Å²) in [4.78, 5) is 31.5. The predicted octanol–water partition coefficient (Wildman–Crippen LogP) is 4.37. The van der Waals surface area contributed by atoms with Crippen molar-refractivity contribution in [2.45, 2.75) is 12.6 Å². The Bertz CT molecular complexity index is 1160. The van der Waals surface area contributed by atoms with Crippen molar-refractivity contribution in [3.63, 3.8) is 0 Å². The van der Waals surface area contributed by atoms with Gasteiger partial charge in [0.2, 0.25) is 0 Å². The summed E-state index contributed by atoms with van der Waals surface area (Å²) < 4.78 is 5.22. The molecular formula is C24H19ClN2O4. The standard InChI is InChI=1S/C24H19ClN2O4/c1-31-17-7-8-19(25)18(13-17)22(28)20-21(16-5-3-2-4-6-16)27(24(30)23(20)29)14-15-9-11-26-12-10-15/h2-13,21,28H,14H2,1H3/b22-20+. The Morgan fingerprint density at radius 1 is 1.10 bits per heavy atom. The van der Waals surface area contributed by atoms with Gasteiger partial charge in [0, 0.05) is 24.5 Å². The molecule has 4 rings (SSSR count). The van der Waals surface area contributed by atoms with Crippen molar-refractivity contribution in [1.82, 2.24) is 9.88 Å². The summed E-state index contributed by atoms with van der Waals surface area (Å²) in [6.45, 7) is 0.190. The van der Waals surface area contributed by atoms with Crippen molar-refractivity contribution < 1.29 is 19.4 Å². The van der Waals surface area contributed by atoms with Crippen LogP contribution in [-0.4, -0.2) is 33.8 Å². The second-order valence-corrected chi connectivity index (χ2v) is 7.45. The number of rotatable bonds is 5. The molecule has 1 atom stereocenters. The molecule has 0 bridgehead atoms. The van der Waals surface area contributed by atoms with Gasteiger partial charge in [-0.05, 0) is 41.5 Å². The molecule has 0 spiro atoms. The van der Waals surface area contributed by atoms with Gasteiger partial charge in [0.15, 0.2) is 0 Å². The van der Waals surface area contributed by atoms with E-state index in [-0.39, 0.29) is 28.5 Å². The molecule has 2 aromatic carbocycles. The van der Waals surface area contributed by atoms with Crippen molar-refractivity contribution in [3.05, 3.63) is 100 Å². The highest BCUT2D eigenvalue weighted by atomic mass is 35.5. The molecule has 1 aliphatic rings. The lowest BCUT2D eigenvalue weighted by atomic mass is 9.95. The van der Waals surface area contributed by atoms with Crippen molar-refractivity contribution in [2.75, 3.05) is 7.11 Å². The van der Waals surface area contributed by atoms with Crippen LogP contribution in [0.1, 0.15) is 22.7 Å². The summed E-state index contributed by atoms with van der Waals surface area (Å²) >= 11 is 6.30. The van der Waals surface area contributed by atoms with E-state index in [1.807, 2.05) is 30.3 Å². The Morgan fingerprint density at radius 2 is 1.81 bits per heavy atom. The smallest absolute Gasteiger partial charge is 0.295 e. The van der Waals surface area contributed by atoms with Gasteiger partial charge in [-0.25, -0.2) is 0 Å². The fraction of sp³-hybridized carbons (Fsp3) is 0.125. The molecule has 7 heteroatoms. The third-order valence-corrected chi connectivity index (χ3v) is 5.52. The summed E-state index contributed by atoms with van der Waals surface area (Å²) in [6.07, 6.45) is 3.25. The second kappa shape index (κ2) is 8.62. The zero-order valence-corrected chi connectivity index (χ0v) is 17.4. The number of halogens is 1. The fourth-order valence-corrected chi connectivity index (χ4v) is 3.87. The van der Waals surface area contributed by atoms with Crippen LogP contribution in [0, 0.1) is 0 Å². The van der Waals surface area contributed by atoms with E-state index in [0.717, 1.165) is 5.56 Å². The van der Waals surface area contributed by atoms with Gasteiger partial charge in [0.1, 0.15) is 11.5 Å². The van der Waals surface area contributed by atoms with Crippen molar-refractivity contribution in [1.29, 1.82) is 0 Å². The van der Waals surface area contributed by atoms with Crippen LogP contribution in [0.2, 0.25) is 5.02 Å². The van der Waals surface area contributed by atoms with Gasteiger partial charge in [-0.15, -0.1) is 0 Å². The molecule has 1 fully saturated rings. The molecular weight excluding hydrogens is 416 g/mol. The largest absolute Gasteiger partial charge is 0.507 e. The lowest BCUT2D eigenvalue weighted by Gasteiger charge is -2.25. The minimum absolute atomic E-state index is 0.0135. The van der Waals surface area contributed by atoms with Crippen molar-refractivity contribution in [2.24, 2.45) is 0 Å². The third-order valence-electron chi connectivity index (χ3n) is 5.19. The molecule has 156 valence electrons. The first kappa shape index (κ1) is 20.6. The molecule has 1 N–H and O–H groups in total. The van der Waals surface area contributed by atoms with Gasteiger partial charge in [-0.3, -0.25) is 14.6 Å². The van der Waals surface area contributed by atoms with Crippen LogP contribution in [0.15, 0.2) is 78.6 Å². The average molecular weight is 435 g/mol. The van der Waals surface area contributed by atoms with Gasteiger partial charge < -0.3 is 14.7 Å². The van der Waals surface area contributed by atoms with Crippen LogP contribution >= 0.6 is 11.6 Å². The number of nitrogens with zero attached hydrogens (tertiary/aromatic N) is 2. The van der Waals surface area contributed by atoms with Crippen LogP contribution in [0.25, 0.3) is 5.76 Å².